The van der Waals surface area contributed by atoms with Crippen LogP contribution < -0.4 is 10.2 Å². The molecule has 0 aliphatic carbocycles. The van der Waals surface area contributed by atoms with Gasteiger partial charge in [0.25, 0.3) is 5.91 Å². The molecule has 1 amide bonds. The van der Waals surface area contributed by atoms with Crippen LogP contribution in [0.5, 0.6) is 5.75 Å². The number of amides is 1. The Balaban J connectivity index is 1.54. The number of rotatable bonds is 6. The van der Waals surface area contributed by atoms with Crippen LogP contribution in [0.3, 0.4) is 0 Å². The summed E-state index contributed by atoms with van der Waals surface area (Å²) in [6.07, 6.45) is 1.44. The summed E-state index contributed by atoms with van der Waals surface area (Å²) in [7, 11) is 0. The van der Waals surface area contributed by atoms with E-state index < -0.39 is 0 Å². The van der Waals surface area contributed by atoms with Crippen LogP contribution in [0.2, 0.25) is 10.0 Å². The number of hydrogen-bond acceptors (Lipinski definition) is 3. The molecular weight excluding hydrogens is 402 g/mol. The van der Waals surface area contributed by atoms with Crippen molar-refractivity contribution >= 4 is 35.3 Å². The number of nitrogens with one attached hydrogen (secondary N) is 1. The molecule has 0 unspecified atom stereocenters. The predicted molar refractivity (Wildman–Crippen MR) is 109 cm³/mol. The summed E-state index contributed by atoms with van der Waals surface area (Å²) in [6, 6.07) is 17.6. The molecule has 3 rings (SSSR count). The van der Waals surface area contributed by atoms with E-state index in [1.807, 2.05) is 0 Å². The molecule has 0 aliphatic rings. The lowest BCUT2D eigenvalue weighted by molar-refractivity contribution is 0.0955. The molecule has 7 heteroatoms. The minimum atomic E-state index is -0.370. The van der Waals surface area contributed by atoms with Gasteiger partial charge in [0.2, 0.25) is 0 Å². The SMILES string of the molecule is O=C(N/N=C\c1ccc(F)cc1)c1ccc(OCc2ccc(Cl)cc2Cl)cc1. The largest absolute Gasteiger partial charge is 0.489 e. The zero-order chi connectivity index (χ0) is 19.9. The molecule has 142 valence electrons. The topological polar surface area (TPSA) is 50.7 Å². The summed E-state index contributed by atoms with van der Waals surface area (Å²) in [5, 5.41) is 4.95. The van der Waals surface area contributed by atoms with E-state index in [9.17, 15) is 9.18 Å². The van der Waals surface area contributed by atoms with Gasteiger partial charge < -0.3 is 4.74 Å². The van der Waals surface area contributed by atoms with Gasteiger partial charge in [-0.2, -0.15) is 5.10 Å². The molecule has 0 atom stereocenters. The summed E-state index contributed by atoms with van der Waals surface area (Å²) in [5.74, 6) is -0.107. The van der Waals surface area contributed by atoms with Crippen molar-refractivity contribution in [2.75, 3.05) is 0 Å². The van der Waals surface area contributed by atoms with Crippen molar-refractivity contribution in [3.8, 4) is 5.75 Å². The third-order valence-electron chi connectivity index (χ3n) is 3.78. The quantitative estimate of drug-likeness (QED) is 0.427. The molecule has 0 radical (unpaired) electrons. The number of ether oxygens (including phenoxy) is 1. The molecule has 0 aromatic heterocycles. The van der Waals surface area contributed by atoms with E-state index in [2.05, 4.69) is 10.5 Å². The van der Waals surface area contributed by atoms with Crippen LogP contribution in [-0.4, -0.2) is 12.1 Å². The van der Waals surface area contributed by atoms with E-state index >= 15 is 0 Å². The minimum absolute atomic E-state index is 0.281. The first-order valence-electron chi connectivity index (χ1n) is 8.27. The van der Waals surface area contributed by atoms with Crippen LogP contribution in [0.1, 0.15) is 21.5 Å². The van der Waals surface area contributed by atoms with Crippen molar-refractivity contribution in [1.82, 2.24) is 5.43 Å². The highest BCUT2D eigenvalue weighted by molar-refractivity contribution is 6.35. The van der Waals surface area contributed by atoms with Gasteiger partial charge in [0, 0.05) is 21.2 Å². The zero-order valence-corrected chi connectivity index (χ0v) is 16.0. The number of halogens is 3. The lowest BCUT2D eigenvalue weighted by atomic mass is 10.2. The van der Waals surface area contributed by atoms with Crippen LogP contribution in [0.15, 0.2) is 71.8 Å². The molecule has 4 nitrogen and oxygen atoms in total. The third kappa shape index (κ3) is 5.55. The van der Waals surface area contributed by atoms with Gasteiger partial charge in [-0.1, -0.05) is 41.4 Å². The molecule has 0 spiro atoms. The Morgan fingerprint density at radius 1 is 1.04 bits per heavy atom. The summed E-state index contributed by atoms with van der Waals surface area (Å²) < 4.78 is 18.5. The maximum atomic E-state index is 12.8. The molecule has 1 N–H and O–H groups in total. The third-order valence-corrected chi connectivity index (χ3v) is 4.36. The van der Waals surface area contributed by atoms with Gasteiger partial charge in [-0.25, -0.2) is 9.82 Å². The second kappa shape index (κ2) is 9.35. The fourth-order valence-corrected chi connectivity index (χ4v) is 2.74. The maximum Gasteiger partial charge on any atom is 0.271 e. The predicted octanol–water partition coefficient (Wildman–Crippen LogP) is 5.48. The molecule has 0 heterocycles. The average molecular weight is 417 g/mol. The number of benzene rings is 3. The number of nitrogens with zero attached hydrogens (tertiary/aromatic N) is 1. The van der Waals surface area contributed by atoms with Gasteiger partial charge in [-0.3, -0.25) is 4.79 Å². The molecular formula is C21H15Cl2FN2O2. The van der Waals surface area contributed by atoms with E-state index in [1.165, 1.54) is 18.3 Å². The summed E-state index contributed by atoms with van der Waals surface area (Å²) >= 11 is 12.0. The molecule has 0 saturated carbocycles. The summed E-state index contributed by atoms with van der Waals surface area (Å²) in [4.78, 5) is 12.1. The van der Waals surface area contributed by atoms with Gasteiger partial charge in [0.05, 0.1) is 6.21 Å². The normalized spacial score (nSPS) is 10.8. The fourth-order valence-electron chi connectivity index (χ4n) is 2.28. The Hall–Kier alpha value is -2.89. The Labute approximate surface area is 171 Å². The Bertz CT molecular complexity index is 990. The molecule has 0 saturated heterocycles. The molecule has 0 aliphatic heterocycles. The number of carbonyl (C=O) groups excluding carboxylic acids is 1. The number of hydrazone groups is 1. The molecule has 3 aromatic rings. The monoisotopic (exact) mass is 416 g/mol. The van der Waals surface area contributed by atoms with Crippen LogP contribution in [0.25, 0.3) is 0 Å². The van der Waals surface area contributed by atoms with Gasteiger partial charge in [0.1, 0.15) is 18.2 Å². The molecule has 3 aromatic carbocycles. The minimum Gasteiger partial charge on any atom is -0.489 e. The van der Waals surface area contributed by atoms with Crippen molar-refractivity contribution in [2.45, 2.75) is 6.61 Å². The van der Waals surface area contributed by atoms with Gasteiger partial charge >= 0.3 is 0 Å². The van der Waals surface area contributed by atoms with Gasteiger partial charge in [0.15, 0.2) is 0 Å². The zero-order valence-electron chi connectivity index (χ0n) is 14.5. The van der Waals surface area contributed by atoms with Crippen LogP contribution in [-0.2, 0) is 6.61 Å². The van der Waals surface area contributed by atoms with Crippen molar-refractivity contribution in [1.29, 1.82) is 0 Å². The first-order valence-corrected chi connectivity index (χ1v) is 9.02. The molecule has 0 fully saturated rings. The number of carbonyl (C=O) groups is 1. The first kappa shape index (κ1) is 19.9. The van der Waals surface area contributed by atoms with Crippen molar-refractivity contribution in [3.05, 3.63) is 99.3 Å². The molecule has 28 heavy (non-hydrogen) atoms. The first-order chi connectivity index (χ1) is 13.5. The standard InChI is InChI=1S/C21H15Cl2FN2O2/c22-17-6-3-16(20(23)11-17)13-28-19-9-4-15(5-10-19)21(27)26-25-12-14-1-7-18(24)8-2-14/h1-12H,13H2,(H,26,27)/b25-12-. The maximum absolute atomic E-state index is 12.8. The number of hydrogen-bond donors (Lipinski definition) is 1. The van der Waals surface area contributed by atoms with E-state index in [4.69, 9.17) is 27.9 Å². The second-order valence-corrected chi connectivity index (χ2v) is 6.64. The highest BCUT2D eigenvalue weighted by Gasteiger charge is 2.06. The lowest BCUT2D eigenvalue weighted by Gasteiger charge is -2.08. The van der Waals surface area contributed by atoms with Crippen molar-refractivity contribution in [2.24, 2.45) is 5.10 Å². The molecule has 0 bridgehead atoms. The lowest BCUT2D eigenvalue weighted by Crippen LogP contribution is -2.17. The second-order valence-electron chi connectivity index (χ2n) is 5.80. The Morgan fingerprint density at radius 2 is 1.75 bits per heavy atom. The van der Waals surface area contributed by atoms with Gasteiger partial charge in [-0.05, 0) is 54.1 Å². The highest BCUT2D eigenvalue weighted by atomic mass is 35.5. The van der Waals surface area contributed by atoms with E-state index in [1.54, 1.807) is 54.6 Å². The van der Waals surface area contributed by atoms with E-state index in [0.717, 1.165) is 5.56 Å². The smallest absolute Gasteiger partial charge is 0.271 e. The average Bonchev–Trinajstić information content (AvgIpc) is 2.69. The Morgan fingerprint density at radius 3 is 2.43 bits per heavy atom. The highest BCUT2D eigenvalue weighted by Crippen LogP contribution is 2.22. The summed E-state index contributed by atoms with van der Waals surface area (Å²) in [5.41, 5.74) is 4.32. The van der Waals surface area contributed by atoms with Crippen LogP contribution in [0, 0.1) is 5.82 Å². The Kier molecular flexibility index (Phi) is 6.63. The van der Waals surface area contributed by atoms with Gasteiger partial charge in [-0.15, -0.1) is 0 Å². The van der Waals surface area contributed by atoms with Crippen molar-refractivity contribution in [3.63, 3.8) is 0 Å². The van der Waals surface area contributed by atoms with Crippen LogP contribution >= 0.6 is 23.2 Å². The van der Waals surface area contributed by atoms with Crippen molar-refractivity contribution < 1.29 is 13.9 Å². The summed E-state index contributed by atoms with van der Waals surface area (Å²) in [6.45, 7) is 0.281. The fraction of sp³-hybridized carbons (Fsp3) is 0.0476. The van der Waals surface area contributed by atoms with E-state index in [0.29, 0.717) is 26.9 Å². The van der Waals surface area contributed by atoms with Crippen LogP contribution in [0.4, 0.5) is 4.39 Å². The van der Waals surface area contributed by atoms with E-state index in [-0.39, 0.29) is 18.3 Å².